The van der Waals surface area contributed by atoms with Crippen molar-refractivity contribution in [2.45, 2.75) is 13.3 Å². The maximum absolute atomic E-state index is 12.0. The van der Waals surface area contributed by atoms with Crippen molar-refractivity contribution in [2.75, 3.05) is 24.5 Å². The summed E-state index contributed by atoms with van der Waals surface area (Å²) in [6, 6.07) is 8.09. The number of benzene rings is 1. The predicted octanol–water partition coefficient (Wildman–Crippen LogP) is 4.31. The Morgan fingerprint density at radius 2 is 2.10 bits per heavy atom. The first kappa shape index (κ1) is 20.1. The average molecular weight is 403 g/mol. The molecule has 156 valence electrons. The molecule has 1 aliphatic heterocycles. The standard InChI is InChI=1S/C25H28N4O.H2/c1-3-5-8-18(4-2)11-12-24(30)26-14-13-20-21-16-29(17-22(20)21)25-27-15-19-9-6-7-10-23(19)28-25;/h3-12,15,20-22H,2,13-14,16-17H2,1H3,(H,26,30);1H/b5-3-,12-11+,18-8+;/t20?,21-,22+;. The molecule has 1 amide bonds. The van der Waals surface area contributed by atoms with E-state index in [9.17, 15) is 4.79 Å². The Kier molecular flexibility index (Phi) is 6.07. The summed E-state index contributed by atoms with van der Waals surface area (Å²) in [5.74, 6) is 2.87. The highest BCUT2D eigenvalue weighted by molar-refractivity contribution is 5.88. The van der Waals surface area contributed by atoms with Crippen LogP contribution in [-0.4, -0.2) is 35.5 Å². The molecular formula is C25H30N4O. The second kappa shape index (κ2) is 9.08. The fraction of sp³-hybridized carbons (Fsp3) is 0.320. The van der Waals surface area contributed by atoms with E-state index in [1.54, 1.807) is 18.2 Å². The number of nitrogens with one attached hydrogen (secondary N) is 1. The summed E-state index contributed by atoms with van der Waals surface area (Å²) in [7, 11) is 0. The van der Waals surface area contributed by atoms with Crippen LogP contribution in [0, 0.1) is 17.8 Å². The van der Waals surface area contributed by atoms with Gasteiger partial charge < -0.3 is 10.2 Å². The van der Waals surface area contributed by atoms with E-state index in [0.717, 1.165) is 48.5 Å². The van der Waals surface area contributed by atoms with Crippen LogP contribution in [0.4, 0.5) is 5.95 Å². The molecule has 1 unspecified atom stereocenters. The molecule has 3 atom stereocenters. The number of aromatic nitrogens is 2. The topological polar surface area (TPSA) is 58.1 Å². The van der Waals surface area contributed by atoms with E-state index < -0.39 is 0 Å². The molecule has 2 aromatic rings. The number of nitrogens with zero attached hydrogens (tertiary/aromatic N) is 3. The molecule has 4 rings (SSSR count). The van der Waals surface area contributed by atoms with Crippen molar-refractivity contribution in [3.8, 4) is 0 Å². The minimum Gasteiger partial charge on any atom is -0.353 e. The number of hydrogen-bond donors (Lipinski definition) is 1. The van der Waals surface area contributed by atoms with Gasteiger partial charge in [0, 0.05) is 38.7 Å². The first-order valence-electron chi connectivity index (χ1n) is 10.6. The van der Waals surface area contributed by atoms with Crippen molar-refractivity contribution in [3.63, 3.8) is 0 Å². The highest BCUT2D eigenvalue weighted by Gasteiger charge is 2.55. The minimum absolute atomic E-state index is 0. The lowest BCUT2D eigenvalue weighted by atomic mass is 10.2. The molecular weight excluding hydrogens is 372 g/mol. The largest absolute Gasteiger partial charge is 0.353 e. The number of rotatable bonds is 8. The number of anilines is 1. The molecule has 1 N–H and O–H groups in total. The lowest BCUT2D eigenvalue weighted by molar-refractivity contribution is -0.116. The van der Waals surface area contributed by atoms with Crippen molar-refractivity contribution in [2.24, 2.45) is 17.8 Å². The van der Waals surface area contributed by atoms with Crippen LogP contribution in [0.25, 0.3) is 10.9 Å². The molecule has 2 aliphatic rings. The van der Waals surface area contributed by atoms with E-state index in [1.807, 2.05) is 55.6 Å². The average Bonchev–Trinajstić information content (AvgIpc) is 3.21. The van der Waals surface area contributed by atoms with Crippen molar-refractivity contribution in [1.82, 2.24) is 15.3 Å². The number of para-hydroxylation sites is 1. The molecule has 1 saturated carbocycles. The molecule has 1 aromatic heterocycles. The Labute approximate surface area is 179 Å². The van der Waals surface area contributed by atoms with E-state index >= 15 is 0 Å². The summed E-state index contributed by atoms with van der Waals surface area (Å²) in [5, 5.41) is 4.07. The first-order valence-corrected chi connectivity index (χ1v) is 10.6. The fourth-order valence-electron chi connectivity index (χ4n) is 4.35. The number of carbonyl (C=O) groups excluding carboxylic acids is 1. The van der Waals surface area contributed by atoms with Gasteiger partial charge in [0.25, 0.3) is 0 Å². The van der Waals surface area contributed by atoms with Gasteiger partial charge in [-0.25, -0.2) is 9.97 Å². The van der Waals surface area contributed by atoms with Gasteiger partial charge in [-0.3, -0.25) is 4.79 Å². The Balaban J connectivity index is 0.00000272. The zero-order valence-electron chi connectivity index (χ0n) is 17.4. The molecule has 30 heavy (non-hydrogen) atoms. The number of fused-ring (bicyclic) bond motifs is 2. The molecule has 1 aromatic carbocycles. The summed E-state index contributed by atoms with van der Waals surface area (Å²) in [6.45, 7) is 8.46. The van der Waals surface area contributed by atoms with E-state index in [-0.39, 0.29) is 7.33 Å². The Morgan fingerprint density at radius 1 is 1.30 bits per heavy atom. The van der Waals surface area contributed by atoms with Gasteiger partial charge in [-0.15, -0.1) is 0 Å². The van der Waals surface area contributed by atoms with Crippen LogP contribution in [0.5, 0.6) is 0 Å². The third kappa shape index (κ3) is 4.51. The van der Waals surface area contributed by atoms with Crippen LogP contribution in [-0.2, 0) is 4.79 Å². The summed E-state index contributed by atoms with van der Waals surface area (Å²) in [6.07, 6.45) is 13.8. The van der Waals surface area contributed by atoms with Crippen LogP contribution in [0.2, 0.25) is 0 Å². The van der Waals surface area contributed by atoms with Gasteiger partial charge in [0.1, 0.15) is 0 Å². The monoisotopic (exact) mass is 402 g/mol. The molecule has 0 bridgehead atoms. The molecule has 2 fully saturated rings. The van der Waals surface area contributed by atoms with Gasteiger partial charge in [0.15, 0.2) is 0 Å². The number of amides is 1. The SMILES string of the molecule is C=CC(/C=C/C(=O)NCCC1[C@H]2CN(c3ncc4ccccc4n3)C[C@@H]12)=C\C=C/C.[HH]. The Bertz CT molecular complexity index is 1020. The van der Waals surface area contributed by atoms with Gasteiger partial charge in [-0.1, -0.05) is 49.1 Å². The molecule has 5 heteroatoms. The van der Waals surface area contributed by atoms with Gasteiger partial charge in [0.05, 0.1) is 5.52 Å². The van der Waals surface area contributed by atoms with Crippen molar-refractivity contribution >= 4 is 22.8 Å². The fourth-order valence-corrected chi connectivity index (χ4v) is 4.35. The number of allylic oxidation sites excluding steroid dienone is 6. The Morgan fingerprint density at radius 3 is 2.87 bits per heavy atom. The smallest absolute Gasteiger partial charge is 0.243 e. The summed E-state index contributed by atoms with van der Waals surface area (Å²) in [5.41, 5.74) is 1.91. The molecule has 0 radical (unpaired) electrons. The molecule has 5 nitrogen and oxygen atoms in total. The number of hydrogen-bond acceptors (Lipinski definition) is 4. The first-order chi connectivity index (χ1) is 14.7. The second-order valence-corrected chi connectivity index (χ2v) is 7.93. The lowest BCUT2D eigenvalue weighted by Gasteiger charge is -2.20. The van der Waals surface area contributed by atoms with Crippen molar-refractivity contribution < 1.29 is 6.22 Å². The van der Waals surface area contributed by atoms with E-state index in [2.05, 4.69) is 21.8 Å². The molecule has 0 spiro atoms. The van der Waals surface area contributed by atoms with Crippen molar-refractivity contribution in [1.29, 1.82) is 0 Å². The van der Waals surface area contributed by atoms with Crippen LogP contribution in [0.1, 0.15) is 14.8 Å². The lowest BCUT2D eigenvalue weighted by Crippen LogP contribution is -2.27. The predicted molar refractivity (Wildman–Crippen MR) is 124 cm³/mol. The van der Waals surface area contributed by atoms with E-state index in [1.165, 1.54) is 0 Å². The van der Waals surface area contributed by atoms with Crippen LogP contribution in [0.15, 0.2) is 79.1 Å². The zero-order valence-corrected chi connectivity index (χ0v) is 17.4. The quantitative estimate of drug-likeness (QED) is 0.528. The second-order valence-electron chi connectivity index (χ2n) is 7.93. The van der Waals surface area contributed by atoms with E-state index in [0.29, 0.717) is 17.8 Å². The zero-order chi connectivity index (χ0) is 20.9. The number of piperidine rings is 1. The third-order valence-electron chi connectivity index (χ3n) is 6.05. The van der Waals surface area contributed by atoms with E-state index in [4.69, 9.17) is 4.98 Å². The highest BCUT2D eigenvalue weighted by atomic mass is 16.1. The normalized spacial score (nSPS) is 23.3. The maximum Gasteiger partial charge on any atom is 0.243 e. The maximum atomic E-state index is 12.0. The van der Waals surface area contributed by atoms with Crippen LogP contribution in [0.3, 0.4) is 0 Å². The highest BCUT2D eigenvalue weighted by Crippen LogP contribution is 2.53. The summed E-state index contributed by atoms with van der Waals surface area (Å²) >= 11 is 0. The van der Waals surface area contributed by atoms with Crippen LogP contribution < -0.4 is 10.2 Å². The van der Waals surface area contributed by atoms with Gasteiger partial charge in [-0.2, -0.15) is 0 Å². The van der Waals surface area contributed by atoms with Crippen LogP contribution >= 0.6 is 0 Å². The summed E-state index contributed by atoms with van der Waals surface area (Å²) in [4.78, 5) is 23.6. The van der Waals surface area contributed by atoms with Gasteiger partial charge in [-0.05, 0) is 48.8 Å². The molecule has 1 saturated heterocycles. The molecule has 2 heterocycles. The van der Waals surface area contributed by atoms with Gasteiger partial charge in [0.2, 0.25) is 11.9 Å². The van der Waals surface area contributed by atoms with Gasteiger partial charge >= 0.3 is 0 Å². The minimum atomic E-state index is -0.0553. The van der Waals surface area contributed by atoms with Crippen molar-refractivity contribution in [3.05, 3.63) is 79.1 Å². The number of carbonyl (C=O) groups is 1. The summed E-state index contributed by atoms with van der Waals surface area (Å²) < 4.78 is 0. The molecule has 1 aliphatic carbocycles. The Hall–Kier alpha value is -3.21. The third-order valence-corrected chi connectivity index (χ3v) is 6.05.